The van der Waals surface area contributed by atoms with Gasteiger partial charge in [0.2, 0.25) is 5.79 Å². The monoisotopic (exact) mass is 303 g/mol. The largest absolute Gasteiger partial charge is 0.344 e. The summed E-state index contributed by atoms with van der Waals surface area (Å²) >= 11 is 3.15. The number of hydrogen-bond donors (Lipinski definition) is 1. The maximum absolute atomic E-state index is 13.2. The summed E-state index contributed by atoms with van der Waals surface area (Å²) in [6.07, 6.45) is 0. The van der Waals surface area contributed by atoms with Crippen molar-refractivity contribution in [2.75, 3.05) is 19.8 Å². The molecular formula is C12H15BrFNO2. The van der Waals surface area contributed by atoms with Gasteiger partial charge in [-0.3, -0.25) is 0 Å². The standard InChI is InChI=1S/C12H15BrFNO2/c1-8-5-16-12(7-15,17-6-8)9-2-3-11(14)10(13)4-9/h2-4,8H,5-7,15H2,1H3. The highest BCUT2D eigenvalue weighted by Gasteiger charge is 2.37. The number of nitrogens with two attached hydrogens (primary N) is 1. The van der Waals surface area contributed by atoms with Crippen molar-refractivity contribution in [3.63, 3.8) is 0 Å². The summed E-state index contributed by atoms with van der Waals surface area (Å²) in [6, 6.07) is 4.67. The van der Waals surface area contributed by atoms with E-state index in [0.717, 1.165) is 5.56 Å². The normalized spacial score (nSPS) is 29.3. The minimum absolute atomic E-state index is 0.206. The molecule has 5 heteroatoms. The molecule has 0 spiro atoms. The Labute approximate surface area is 108 Å². The minimum atomic E-state index is -0.942. The van der Waals surface area contributed by atoms with Crippen LogP contribution in [0.2, 0.25) is 0 Å². The van der Waals surface area contributed by atoms with Crippen LogP contribution in [0.3, 0.4) is 0 Å². The van der Waals surface area contributed by atoms with Gasteiger partial charge in [0.15, 0.2) is 0 Å². The Morgan fingerprint density at radius 1 is 1.47 bits per heavy atom. The first-order valence-corrected chi connectivity index (χ1v) is 6.30. The first-order valence-electron chi connectivity index (χ1n) is 5.51. The second-order valence-corrected chi connectivity index (χ2v) is 5.17. The van der Waals surface area contributed by atoms with Crippen molar-refractivity contribution in [3.05, 3.63) is 34.1 Å². The molecule has 0 amide bonds. The van der Waals surface area contributed by atoms with E-state index in [2.05, 4.69) is 15.9 Å². The van der Waals surface area contributed by atoms with E-state index in [0.29, 0.717) is 23.6 Å². The van der Waals surface area contributed by atoms with E-state index in [1.165, 1.54) is 6.07 Å². The lowest BCUT2D eigenvalue weighted by atomic mass is 10.0. The molecule has 1 saturated heterocycles. The van der Waals surface area contributed by atoms with Crippen LogP contribution in [-0.2, 0) is 15.3 Å². The van der Waals surface area contributed by atoms with Gasteiger partial charge in [0.1, 0.15) is 5.82 Å². The third-order valence-corrected chi connectivity index (χ3v) is 3.44. The van der Waals surface area contributed by atoms with E-state index >= 15 is 0 Å². The van der Waals surface area contributed by atoms with Crippen LogP contribution < -0.4 is 5.73 Å². The molecule has 3 nitrogen and oxygen atoms in total. The average molecular weight is 304 g/mol. The number of hydrogen-bond acceptors (Lipinski definition) is 3. The average Bonchev–Trinajstić information content (AvgIpc) is 2.34. The fraction of sp³-hybridized carbons (Fsp3) is 0.500. The van der Waals surface area contributed by atoms with E-state index in [-0.39, 0.29) is 12.4 Å². The molecule has 0 aliphatic carbocycles. The van der Waals surface area contributed by atoms with E-state index in [9.17, 15) is 4.39 Å². The van der Waals surface area contributed by atoms with E-state index in [1.54, 1.807) is 12.1 Å². The van der Waals surface area contributed by atoms with Crippen LogP contribution in [0.25, 0.3) is 0 Å². The molecule has 0 saturated carbocycles. The molecule has 1 aromatic rings. The summed E-state index contributed by atoms with van der Waals surface area (Å²) in [5, 5.41) is 0. The van der Waals surface area contributed by atoms with Crippen molar-refractivity contribution in [2.45, 2.75) is 12.7 Å². The molecule has 1 heterocycles. The number of benzene rings is 1. The lowest BCUT2D eigenvalue weighted by molar-refractivity contribution is -0.284. The highest BCUT2D eigenvalue weighted by atomic mass is 79.9. The Bertz CT molecular complexity index is 405. The summed E-state index contributed by atoms with van der Waals surface area (Å²) in [7, 11) is 0. The van der Waals surface area contributed by atoms with Crippen LogP contribution in [-0.4, -0.2) is 19.8 Å². The molecule has 1 aliphatic heterocycles. The molecular weight excluding hydrogens is 289 g/mol. The number of ether oxygens (including phenoxy) is 2. The van der Waals surface area contributed by atoms with Crippen LogP contribution >= 0.6 is 15.9 Å². The van der Waals surface area contributed by atoms with Crippen molar-refractivity contribution in [1.82, 2.24) is 0 Å². The third kappa shape index (κ3) is 2.52. The van der Waals surface area contributed by atoms with Gasteiger partial charge in [0.05, 0.1) is 24.2 Å². The first kappa shape index (κ1) is 13.0. The predicted molar refractivity (Wildman–Crippen MR) is 65.9 cm³/mol. The van der Waals surface area contributed by atoms with Gasteiger partial charge in [-0.05, 0) is 28.1 Å². The molecule has 2 N–H and O–H groups in total. The molecule has 0 atom stereocenters. The second-order valence-electron chi connectivity index (χ2n) is 4.31. The van der Waals surface area contributed by atoms with Crippen LogP contribution in [0.5, 0.6) is 0 Å². The van der Waals surface area contributed by atoms with Crippen molar-refractivity contribution in [1.29, 1.82) is 0 Å². The smallest absolute Gasteiger partial charge is 0.207 e. The molecule has 0 unspecified atom stereocenters. The molecule has 0 bridgehead atoms. The van der Waals surface area contributed by atoms with E-state index < -0.39 is 5.79 Å². The summed E-state index contributed by atoms with van der Waals surface area (Å²) in [4.78, 5) is 0. The van der Waals surface area contributed by atoms with Gasteiger partial charge in [-0.25, -0.2) is 4.39 Å². The highest BCUT2D eigenvalue weighted by molar-refractivity contribution is 9.10. The van der Waals surface area contributed by atoms with Crippen LogP contribution in [0.1, 0.15) is 12.5 Å². The van der Waals surface area contributed by atoms with Gasteiger partial charge in [-0.15, -0.1) is 0 Å². The van der Waals surface area contributed by atoms with Gasteiger partial charge >= 0.3 is 0 Å². The molecule has 0 aromatic heterocycles. The zero-order valence-electron chi connectivity index (χ0n) is 9.58. The van der Waals surface area contributed by atoms with Crippen LogP contribution in [0, 0.1) is 11.7 Å². The van der Waals surface area contributed by atoms with Crippen LogP contribution in [0.15, 0.2) is 22.7 Å². The molecule has 17 heavy (non-hydrogen) atoms. The molecule has 1 fully saturated rings. The van der Waals surface area contributed by atoms with Crippen molar-refractivity contribution in [3.8, 4) is 0 Å². The minimum Gasteiger partial charge on any atom is -0.344 e. The summed E-state index contributed by atoms with van der Waals surface area (Å²) in [5.74, 6) is -0.911. The molecule has 1 aliphatic rings. The highest BCUT2D eigenvalue weighted by Crippen LogP contribution is 2.33. The fourth-order valence-electron chi connectivity index (χ4n) is 1.78. The van der Waals surface area contributed by atoms with E-state index in [4.69, 9.17) is 15.2 Å². The summed E-state index contributed by atoms with van der Waals surface area (Å²) in [6.45, 7) is 3.43. The maximum Gasteiger partial charge on any atom is 0.207 e. The Hall–Kier alpha value is -0.490. The Morgan fingerprint density at radius 2 is 2.12 bits per heavy atom. The van der Waals surface area contributed by atoms with Crippen LogP contribution in [0.4, 0.5) is 4.39 Å². The van der Waals surface area contributed by atoms with Crippen molar-refractivity contribution in [2.24, 2.45) is 11.7 Å². The van der Waals surface area contributed by atoms with Gasteiger partial charge in [-0.1, -0.05) is 13.0 Å². The second kappa shape index (κ2) is 5.02. The summed E-state index contributed by atoms with van der Waals surface area (Å²) in [5.41, 5.74) is 6.48. The zero-order chi connectivity index (χ0) is 12.5. The van der Waals surface area contributed by atoms with Crippen molar-refractivity contribution >= 4 is 15.9 Å². The molecule has 94 valence electrons. The quantitative estimate of drug-likeness (QED) is 0.912. The van der Waals surface area contributed by atoms with Crippen molar-refractivity contribution < 1.29 is 13.9 Å². The lowest BCUT2D eigenvalue weighted by Gasteiger charge is -2.39. The number of halogens is 2. The predicted octanol–water partition coefficient (Wildman–Crippen LogP) is 2.38. The Kier molecular flexibility index (Phi) is 3.82. The number of rotatable bonds is 2. The topological polar surface area (TPSA) is 44.5 Å². The van der Waals surface area contributed by atoms with Gasteiger partial charge in [0, 0.05) is 11.5 Å². The summed E-state index contributed by atoms with van der Waals surface area (Å²) < 4.78 is 25.0. The fourth-order valence-corrected chi connectivity index (χ4v) is 2.16. The molecule has 0 radical (unpaired) electrons. The maximum atomic E-state index is 13.2. The zero-order valence-corrected chi connectivity index (χ0v) is 11.2. The van der Waals surface area contributed by atoms with Gasteiger partial charge in [0.25, 0.3) is 0 Å². The van der Waals surface area contributed by atoms with Gasteiger partial charge < -0.3 is 15.2 Å². The lowest BCUT2D eigenvalue weighted by Crippen LogP contribution is -2.46. The first-order chi connectivity index (χ1) is 8.07. The SMILES string of the molecule is CC1COC(CN)(c2ccc(F)c(Br)c2)OC1. The molecule has 2 rings (SSSR count). The van der Waals surface area contributed by atoms with E-state index in [1.807, 2.05) is 6.92 Å². The third-order valence-electron chi connectivity index (χ3n) is 2.83. The van der Waals surface area contributed by atoms with Gasteiger partial charge in [-0.2, -0.15) is 0 Å². The Morgan fingerprint density at radius 3 is 2.65 bits per heavy atom. The Balaban J connectivity index is 2.31. The molecule has 1 aromatic carbocycles.